The number of nitrogens with zero attached hydrogens (tertiary/aromatic N) is 1. The minimum atomic E-state index is -0.464. The van der Waals surface area contributed by atoms with Gasteiger partial charge in [-0.25, -0.2) is 0 Å². The van der Waals surface area contributed by atoms with Crippen LogP contribution in [0.2, 0.25) is 0 Å². The maximum atomic E-state index is 12.2. The van der Waals surface area contributed by atoms with E-state index in [2.05, 4.69) is 5.32 Å². The Balaban J connectivity index is 2.38. The molecule has 0 aliphatic carbocycles. The number of benzene rings is 1. The van der Waals surface area contributed by atoms with Crippen LogP contribution in [0.15, 0.2) is 24.3 Å². The molecule has 2 amide bonds. The predicted molar refractivity (Wildman–Crippen MR) is 76.3 cm³/mol. The lowest BCUT2D eigenvalue weighted by Crippen LogP contribution is -2.60. The van der Waals surface area contributed by atoms with E-state index in [1.165, 1.54) is 0 Å². The van der Waals surface area contributed by atoms with Crippen LogP contribution < -0.4 is 10.2 Å². The fourth-order valence-electron chi connectivity index (χ4n) is 2.49. The van der Waals surface area contributed by atoms with E-state index >= 15 is 0 Å². The number of nitrogens with one attached hydrogen (secondary N) is 1. The van der Waals surface area contributed by atoms with Crippen molar-refractivity contribution in [3.8, 4) is 0 Å². The van der Waals surface area contributed by atoms with Gasteiger partial charge < -0.3 is 10.1 Å². The molecule has 1 aromatic rings. The van der Waals surface area contributed by atoms with E-state index < -0.39 is 6.04 Å². The van der Waals surface area contributed by atoms with E-state index in [0.29, 0.717) is 6.61 Å². The highest BCUT2D eigenvalue weighted by Crippen LogP contribution is 2.24. The number of piperazine rings is 1. The summed E-state index contributed by atoms with van der Waals surface area (Å²) in [5.41, 5.74) is 1.73. The first-order valence-corrected chi connectivity index (χ1v) is 6.72. The summed E-state index contributed by atoms with van der Waals surface area (Å²) in [4.78, 5) is 25.9. The first kappa shape index (κ1) is 14.5. The summed E-state index contributed by atoms with van der Waals surface area (Å²) < 4.78 is 5.11. The molecule has 5 heteroatoms. The minimum absolute atomic E-state index is 0.0466. The van der Waals surface area contributed by atoms with Crippen molar-refractivity contribution in [2.24, 2.45) is 5.92 Å². The lowest BCUT2D eigenvalue weighted by Gasteiger charge is -2.37. The SMILES string of the molecule is COCc1cccc(N2C(=O)CNC(=O)C2C(C)C)c1. The van der Waals surface area contributed by atoms with Crippen LogP contribution in [-0.4, -0.2) is 31.5 Å². The summed E-state index contributed by atoms with van der Waals surface area (Å²) in [7, 11) is 1.63. The van der Waals surface area contributed by atoms with Gasteiger partial charge in [-0.05, 0) is 23.6 Å². The number of carbonyl (C=O) groups is 2. The van der Waals surface area contributed by atoms with E-state index in [1.54, 1.807) is 12.0 Å². The Morgan fingerprint density at radius 1 is 1.40 bits per heavy atom. The number of hydrogen-bond acceptors (Lipinski definition) is 3. The summed E-state index contributed by atoms with van der Waals surface area (Å²) >= 11 is 0. The lowest BCUT2D eigenvalue weighted by molar-refractivity contribution is -0.131. The Labute approximate surface area is 118 Å². The lowest BCUT2D eigenvalue weighted by atomic mass is 9.98. The van der Waals surface area contributed by atoms with E-state index in [9.17, 15) is 9.59 Å². The number of hydrogen-bond donors (Lipinski definition) is 1. The monoisotopic (exact) mass is 276 g/mol. The molecule has 20 heavy (non-hydrogen) atoms. The normalized spacial score (nSPS) is 19.4. The van der Waals surface area contributed by atoms with Crippen molar-refractivity contribution in [3.05, 3.63) is 29.8 Å². The molecule has 1 fully saturated rings. The molecule has 0 saturated carbocycles. The Morgan fingerprint density at radius 2 is 2.15 bits per heavy atom. The number of rotatable bonds is 4. The molecule has 1 unspecified atom stereocenters. The van der Waals surface area contributed by atoms with Crippen molar-refractivity contribution < 1.29 is 14.3 Å². The van der Waals surface area contributed by atoms with E-state index in [1.807, 2.05) is 38.1 Å². The molecule has 0 spiro atoms. The third-order valence-electron chi connectivity index (χ3n) is 3.36. The molecule has 1 aliphatic heterocycles. The van der Waals surface area contributed by atoms with Crippen LogP contribution in [0, 0.1) is 5.92 Å². The van der Waals surface area contributed by atoms with Crippen molar-refractivity contribution in [3.63, 3.8) is 0 Å². The highest BCUT2D eigenvalue weighted by molar-refractivity contribution is 6.06. The number of carbonyl (C=O) groups excluding carboxylic acids is 2. The van der Waals surface area contributed by atoms with Crippen LogP contribution in [0.1, 0.15) is 19.4 Å². The van der Waals surface area contributed by atoms with Gasteiger partial charge in [0.2, 0.25) is 11.8 Å². The summed E-state index contributed by atoms with van der Waals surface area (Å²) in [6.45, 7) is 4.41. The Kier molecular flexibility index (Phi) is 4.39. The van der Waals surface area contributed by atoms with Crippen molar-refractivity contribution >= 4 is 17.5 Å². The molecule has 5 nitrogen and oxygen atoms in total. The Morgan fingerprint density at radius 3 is 2.80 bits per heavy atom. The smallest absolute Gasteiger partial charge is 0.247 e. The van der Waals surface area contributed by atoms with E-state index in [4.69, 9.17) is 4.74 Å². The van der Waals surface area contributed by atoms with Crippen LogP contribution in [-0.2, 0) is 20.9 Å². The first-order chi connectivity index (χ1) is 9.54. The molecule has 0 radical (unpaired) electrons. The van der Waals surface area contributed by atoms with Crippen LogP contribution in [0.3, 0.4) is 0 Å². The summed E-state index contributed by atoms with van der Waals surface area (Å²) in [6, 6.07) is 7.10. The predicted octanol–water partition coefficient (Wildman–Crippen LogP) is 1.32. The van der Waals surface area contributed by atoms with Gasteiger partial charge in [-0.3, -0.25) is 14.5 Å². The standard InChI is InChI=1S/C15H20N2O3/c1-10(2)14-15(19)16-8-13(18)17(14)12-6-4-5-11(7-12)9-20-3/h4-7,10,14H,8-9H2,1-3H3,(H,16,19). The van der Waals surface area contributed by atoms with E-state index in [0.717, 1.165) is 11.3 Å². The van der Waals surface area contributed by atoms with Crippen molar-refractivity contribution in [2.75, 3.05) is 18.6 Å². The molecular weight excluding hydrogens is 256 g/mol. The van der Waals surface area contributed by atoms with Crippen LogP contribution in [0.5, 0.6) is 0 Å². The number of amides is 2. The minimum Gasteiger partial charge on any atom is -0.380 e. The zero-order chi connectivity index (χ0) is 14.7. The highest BCUT2D eigenvalue weighted by Gasteiger charge is 2.37. The van der Waals surface area contributed by atoms with Gasteiger partial charge in [-0.1, -0.05) is 26.0 Å². The topological polar surface area (TPSA) is 58.6 Å². The molecule has 0 aromatic heterocycles. The van der Waals surface area contributed by atoms with Gasteiger partial charge in [-0.2, -0.15) is 0 Å². The first-order valence-electron chi connectivity index (χ1n) is 6.72. The molecule has 1 N–H and O–H groups in total. The molecule has 1 saturated heterocycles. The van der Waals surface area contributed by atoms with Crippen LogP contribution in [0.4, 0.5) is 5.69 Å². The van der Waals surface area contributed by atoms with Gasteiger partial charge in [0.05, 0.1) is 13.2 Å². The Bertz CT molecular complexity index is 514. The summed E-state index contributed by atoms with van der Waals surface area (Å²) in [6.07, 6.45) is 0. The molecule has 1 heterocycles. The second-order valence-corrected chi connectivity index (χ2v) is 5.27. The molecular formula is C15H20N2O3. The quantitative estimate of drug-likeness (QED) is 0.902. The molecule has 108 valence electrons. The average molecular weight is 276 g/mol. The van der Waals surface area contributed by atoms with Gasteiger partial charge >= 0.3 is 0 Å². The maximum absolute atomic E-state index is 12.2. The molecule has 0 bridgehead atoms. The van der Waals surface area contributed by atoms with Gasteiger partial charge in [0, 0.05) is 12.8 Å². The number of ether oxygens (including phenoxy) is 1. The number of methoxy groups -OCH3 is 1. The third kappa shape index (κ3) is 2.82. The fourth-order valence-corrected chi connectivity index (χ4v) is 2.49. The number of anilines is 1. The van der Waals surface area contributed by atoms with Crippen LogP contribution >= 0.6 is 0 Å². The van der Waals surface area contributed by atoms with Gasteiger partial charge in [0.1, 0.15) is 6.04 Å². The average Bonchev–Trinajstić information content (AvgIpc) is 2.41. The van der Waals surface area contributed by atoms with Gasteiger partial charge in [-0.15, -0.1) is 0 Å². The summed E-state index contributed by atoms with van der Waals surface area (Å²) in [5, 5.41) is 2.65. The molecule has 1 aliphatic rings. The van der Waals surface area contributed by atoms with Gasteiger partial charge in [0.25, 0.3) is 0 Å². The van der Waals surface area contributed by atoms with Crippen LogP contribution in [0.25, 0.3) is 0 Å². The molecule has 2 rings (SSSR count). The largest absolute Gasteiger partial charge is 0.380 e. The fraction of sp³-hybridized carbons (Fsp3) is 0.467. The molecule has 1 atom stereocenters. The second-order valence-electron chi connectivity index (χ2n) is 5.27. The van der Waals surface area contributed by atoms with E-state index in [-0.39, 0.29) is 24.3 Å². The van der Waals surface area contributed by atoms with Crippen molar-refractivity contribution in [1.29, 1.82) is 0 Å². The highest BCUT2D eigenvalue weighted by atomic mass is 16.5. The maximum Gasteiger partial charge on any atom is 0.247 e. The Hall–Kier alpha value is -1.88. The van der Waals surface area contributed by atoms with Gasteiger partial charge in [0.15, 0.2) is 0 Å². The van der Waals surface area contributed by atoms with Crippen molar-refractivity contribution in [1.82, 2.24) is 5.32 Å². The zero-order valence-corrected chi connectivity index (χ0v) is 12.1. The van der Waals surface area contributed by atoms with Crippen molar-refractivity contribution in [2.45, 2.75) is 26.5 Å². The third-order valence-corrected chi connectivity index (χ3v) is 3.36. The molecule has 1 aromatic carbocycles. The zero-order valence-electron chi connectivity index (χ0n) is 12.1. The second kappa shape index (κ2) is 6.05. The summed E-state index contributed by atoms with van der Waals surface area (Å²) in [5.74, 6) is -0.139.